The number of fused-ring (bicyclic) bond motifs is 1. The van der Waals surface area contributed by atoms with E-state index in [9.17, 15) is 9.59 Å². The van der Waals surface area contributed by atoms with Crippen molar-refractivity contribution < 1.29 is 9.90 Å². The lowest BCUT2D eigenvalue weighted by molar-refractivity contribution is -0.133. The summed E-state index contributed by atoms with van der Waals surface area (Å²) in [7, 11) is 0. The largest absolute Gasteiger partial charge is 0.481 e. The fourth-order valence-electron chi connectivity index (χ4n) is 2.18. The van der Waals surface area contributed by atoms with E-state index in [0.29, 0.717) is 21.9 Å². The van der Waals surface area contributed by atoms with Crippen molar-refractivity contribution >= 4 is 39.3 Å². The van der Waals surface area contributed by atoms with Gasteiger partial charge in [-0.3, -0.25) is 14.2 Å². The minimum Gasteiger partial charge on any atom is -0.481 e. The number of aromatic nitrogens is 2. The van der Waals surface area contributed by atoms with Crippen molar-refractivity contribution in [2.45, 2.75) is 18.6 Å². The summed E-state index contributed by atoms with van der Waals surface area (Å²) >= 11 is 2.42. The van der Waals surface area contributed by atoms with Gasteiger partial charge in [-0.15, -0.1) is 11.3 Å². The zero-order valence-corrected chi connectivity index (χ0v) is 14.0. The number of carboxylic acids is 1. The molecule has 2 aromatic heterocycles. The molecule has 0 saturated heterocycles. The normalized spacial score (nSPS) is 11.0. The Bertz CT molecular complexity index is 913. The highest BCUT2D eigenvalue weighted by molar-refractivity contribution is 7.99. The number of hydrogen-bond donors (Lipinski definition) is 1. The summed E-state index contributed by atoms with van der Waals surface area (Å²) < 4.78 is 2.15. The smallest absolute Gasteiger partial charge is 0.313 e. The number of benzene rings is 1. The van der Waals surface area contributed by atoms with Crippen LogP contribution in [0, 0.1) is 6.92 Å². The molecule has 1 N–H and O–H groups in total. The Labute approximate surface area is 140 Å². The minimum atomic E-state index is -0.934. The van der Waals surface area contributed by atoms with Gasteiger partial charge in [-0.05, 0) is 23.9 Å². The second kappa shape index (κ2) is 6.55. The van der Waals surface area contributed by atoms with E-state index in [1.807, 2.05) is 36.6 Å². The van der Waals surface area contributed by atoms with Gasteiger partial charge in [-0.25, -0.2) is 4.98 Å². The Hall–Kier alpha value is -2.12. The van der Waals surface area contributed by atoms with E-state index in [1.165, 1.54) is 11.3 Å². The number of hydrogen-bond acceptors (Lipinski definition) is 5. The Kier molecular flexibility index (Phi) is 4.49. The number of thiophene rings is 1. The quantitative estimate of drug-likeness (QED) is 0.568. The van der Waals surface area contributed by atoms with Crippen molar-refractivity contribution in [1.29, 1.82) is 0 Å². The molecule has 0 aliphatic heterocycles. The molecule has 3 aromatic rings. The maximum atomic E-state index is 12.7. The number of carbonyl (C=O) groups is 1. The first kappa shape index (κ1) is 15.8. The number of aryl methyl sites for hydroxylation is 1. The van der Waals surface area contributed by atoms with Gasteiger partial charge in [0, 0.05) is 0 Å². The summed E-state index contributed by atoms with van der Waals surface area (Å²) in [4.78, 5) is 28.0. The van der Waals surface area contributed by atoms with Crippen LogP contribution in [0.5, 0.6) is 0 Å². The number of aliphatic carboxylic acids is 1. The molecule has 0 radical (unpaired) electrons. The van der Waals surface area contributed by atoms with Crippen LogP contribution in [0.4, 0.5) is 0 Å². The van der Waals surface area contributed by atoms with Gasteiger partial charge in [0.15, 0.2) is 5.16 Å². The van der Waals surface area contributed by atoms with Gasteiger partial charge in [0.2, 0.25) is 0 Å². The molecule has 0 atom stereocenters. The number of nitrogens with zero attached hydrogens (tertiary/aromatic N) is 2. The van der Waals surface area contributed by atoms with Gasteiger partial charge < -0.3 is 5.11 Å². The van der Waals surface area contributed by atoms with E-state index in [2.05, 4.69) is 4.98 Å². The zero-order valence-electron chi connectivity index (χ0n) is 12.4. The lowest BCUT2D eigenvalue weighted by Crippen LogP contribution is -2.23. The number of carboxylic acid groups (broad SMARTS) is 1. The van der Waals surface area contributed by atoms with Gasteiger partial charge in [-0.2, -0.15) is 0 Å². The lowest BCUT2D eigenvalue weighted by Gasteiger charge is -2.11. The van der Waals surface area contributed by atoms with Gasteiger partial charge in [0.1, 0.15) is 4.70 Å². The Morgan fingerprint density at radius 2 is 2.04 bits per heavy atom. The summed E-state index contributed by atoms with van der Waals surface area (Å²) in [5, 5.41) is 11.1. The SMILES string of the molecule is Cc1ccc(Cn2c(SCC(=O)O)nc3ccsc3c2=O)cc1. The van der Waals surface area contributed by atoms with Crippen LogP contribution in [0.1, 0.15) is 11.1 Å². The second-order valence-corrected chi connectivity index (χ2v) is 6.95. The molecule has 0 fully saturated rings. The van der Waals surface area contributed by atoms with Crippen LogP contribution in [-0.2, 0) is 11.3 Å². The molecule has 0 amide bonds. The predicted molar refractivity (Wildman–Crippen MR) is 92.5 cm³/mol. The van der Waals surface area contributed by atoms with E-state index in [4.69, 9.17) is 5.11 Å². The van der Waals surface area contributed by atoms with Crippen molar-refractivity contribution in [3.8, 4) is 0 Å². The molecule has 3 rings (SSSR count). The molecule has 7 heteroatoms. The second-order valence-electron chi connectivity index (χ2n) is 5.09. The van der Waals surface area contributed by atoms with Crippen LogP contribution in [0.2, 0.25) is 0 Å². The maximum Gasteiger partial charge on any atom is 0.313 e. The molecular weight excluding hydrogens is 332 g/mol. The van der Waals surface area contributed by atoms with E-state index in [1.54, 1.807) is 10.6 Å². The fourth-order valence-corrected chi connectivity index (χ4v) is 3.67. The Morgan fingerprint density at radius 1 is 1.30 bits per heavy atom. The number of thioether (sulfide) groups is 1. The highest BCUT2D eigenvalue weighted by Crippen LogP contribution is 2.21. The van der Waals surface area contributed by atoms with E-state index in [-0.39, 0.29) is 11.3 Å². The molecule has 5 nitrogen and oxygen atoms in total. The van der Waals surface area contributed by atoms with Crippen LogP contribution in [0.25, 0.3) is 10.2 Å². The van der Waals surface area contributed by atoms with Crippen molar-refractivity contribution in [2.75, 3.05) is 5.75 Å². The predicted octanol–water partition coefficient (Wildman–Crippen LogP) is 2.99. The molecule has 0 aliphatic carbocycles. The van der Waals surface area contributed by atoms with Crippen molar-refractivity contribution in [3.05, 3.63) is 57.2 Å². The fraction of sp³-hybridized carbons (Fsp3) is 0.188. The highest BCUT2D eigenvalue weighted by Gasteiger charge is 2.14. The summed E-state index contributed by atoms with van der Waals surface area (Å²) in [6, 6.07) is 9.68. The van der Waals surface area contributed by atoms with Crippen LogP contribution in [0.15, 0.2) is 45.7 Å². The third-order valence-electron chi connectivity index (χ3n) is 3.32. The van der Waals surface area contributed by atoms with E-state index in [0.717, 1.165) is 22.9 Å². The molecule has 118 valence electrons. The zero-order chi connectivity index (χ0) is 16.4. The van der Waals surface area contributed by atoms with Crippen molar-refractivity contribution in [2.24, 2.45) is 0 Å². The van der Waals surface area contributed by atoms with Crippen molar-refractivity contribution in [3.63, 3.8) is 0 Å². The summed E-state index contributed by atoms with van der Waals surface area (Å²) in [5.41, 5.74) is 2.62. The van der Waals surface area contributed by atoms with E-state index >= 15 is 0 Å². The molecule has 0 spiro atoms. The Morgan fingerprint density at radius 3 is 2.74 bits per heavy atom. The van der Waals surface area contributed by atoms with Crippen LogP contribution < -0.4 is 5.56 Å². The summed E-state index contributed by atoms with van der Waals surface area (Å²) in [6.07, 6.45) is 0. The van der Waals surface area contributed by atoms with Crippen LogP contribution in [0.3, 0.4) is 0 Å². The van der Waals surface area contributed by atoms with Crippen LogP contribution in [-0.4, -0.2) is 26.4 Å². The van der Waals surface area contributed by atoms with Gasteiger partial charge in [-0.1, -0.05) is 41.6 Å². The average Bonchev–Trinajstić information content (AvgIpc) is 2.99. The average molecular weight is 346 g/mol. The molecule has 23 heavy (non-hydrogen) atoms. The van der Waals surface area contributed by atoms with Gasteiger partial charge in [0.05, 0.1) is 17.8 Å². The molecule has 2 heterocycles. The minimum absolute atomic E-state index is 0.126. The first-order valence-corrected chi connectivity index (χ1v) is 8.79. The highest BCUT2D eigenvalue weighted by atomic mass is 32.2. The molecule has 0 saturated carbocycles. The molecule has 1 aromatic carbocycles. The molecule has 0 aliphatic rings. The first-order valence-electron chi connectivity index (χ1n) is 6.93. The van der Waals surface area contributed by atoms with Gasteiger partial charge >= 0.3 is 5.97 Å². The number of rotatable bonds is 5. The third-order valence-corrected chi connectivity index (χ3v) is 5.17. The topological polar surface area (TPSA) is 72.2 Å². The third kappa shape index (κ3) is 3.46. The van der Waals surface area contributed by atoms with Crippen molar-refractivity contribution in [1.82, 2.24) is 9.55 Å². The summed E-state index contributed by atoms with van der Waals surface area (Å²) in [5.74, 6) is -1.06. The lowest BCUT2D eigenvalue weighted by atomic mass is 10.1. The van der Waals surface area contributed by atoms with Gasteiger partial charge in [0.25, 0.3) is 5.56 Å². The maximum absolute atomic E-state index is 12.7. The molecular formula is C16H14N2O3S2. The molecule has 0 unspecified atom stereocenters. The molecule has 0 bridgehead atoms. The first-order chi connectivity index (χ1) is 11.0. The monoisotopic (exact) mass is 346 g/mol. The van der Waals surface area contributed by atoms with Crippen LogP contribution >= 0.6 is 23.1 Å². The van der Waals surface area contributed by atoms with E-state index < -0.39 is 5.97 Å². The Balaban J connectivity index is 2.05. The standard InChI is InChI=1S/C16H14N2O3S2/c1-10-2-4-11(5-3-10)8-18-15(21)14-12(6-7-22-14)17-16(18)23-9-13(19)20/h2-7H,8-9H2,1H3,(H,19,20). The summed E-state index contributed by atoms with van der Waals surface area (Å²) in [6.45, 7) is 2.38.